The number of hydrogen-bond donors (Lipinski definition) is 1. The highest BCUT2D eigenvalue weighted by Gasteiger charge is 2.06. The summed E-state index contributed by atoms with van der Waals surface area (Å²) in [5.41, 5.74) is 0.657. The molecule has 0 heterocycles. The van der Waals surface area contributed by atoms with Crippen LogP contribution >= 0.6 is 39.1 Å². The van der Waals surface area contributed by atoms with Crippen molar-refractivity contribution in [3.63, 3.8) is 0 Å². The Balaban J connectivity index is 2.28. The zero-order valence-electron chi connectivity index (χ0n) is 9.16. The number of benzene rings is 2. The van der Waals surface area contributed by atoms with E-state index in [9.17, 15) is 0 Å². The largest absolute Gasteiger partial charge is 0.456 e. The minimum Gasteiger partial charge on any atom is -0.456 e. The van der Waals surface area contributed by atoms with E-state index in [4.69, 9.17) is 33.0 Å². The van der Waals surface area contributed by atoms with Gasteiger partial charge in [-0.2, -0.15) is 0 Å². The molecule has 1 N–H and O–H groups in total. The van der Waals surface area contributed by atoms with Gasteiger partial charge in [-0.15, -0.1) is 0 Å². The molecule has 0 aliphatic rings. The molecule has 5 heteroatoms. The van der Waals surface area contributed by atoms with Crippen LogP contribution in [0.2, 0.25) is 10.0 Å². The fraction of sp³-hybridized carbons (Fsp3) is 0.0769. The Bertz CT molecular complexity index is 573. The second-order valence-electron chi connectivity index (χ2n) is 3.59. The van der Waals surface area contributed by atoms with Crippen LogP contribution in [0.15, 0.2) is 40.9 Å². The smallest absolute Gasteiger partial charge is 0.147 e. The summed E-state index contributed by atoms with van der Waals surface area (Å²) in [6, 6.07) is 10.4. The summed E-state index contributed by atoms with van der Waals surface area (Å²) in [6.45, 7) is -0.100. The van der Waals surface area contributed by atoms with Crippen molar-refractivity contribution < 1.29 is 9.84 Å². The number of halogens is 3. The molecule has 2 nitrogen and oxygen atoms in total. The van der Waals surface area contributed by atoms with E-state index >= 15 is 0 Å². The van der Waals surface area contributed by atoms with Crippen molar-refractivity contribution in [3.8, 4) is 11.5 Å². The van der Waals surface area contributed by atoms with Gasteiger partial charge in [0.15, 0.2) is 0 Å². The quantitative estimate of drug-likeness (QED) is 0.842. The molecule has 0 atom stereocenters. The summed E-state index contributed by atoms with van der Waals surface area (Å²) in [7, 11) is 0. The van der Waals surface area contributed by atoms with Crippen LogP contribution in [-0.4, -0.2) is 5.11 Å². The molecule has 0 aliphatic carbocycles. The summed E-state index contributed by atoms with van der Waals surface area (Å²) < 4.78 is 6.52. The first-order valence-corrected chi connectivity index (χ1v) is 6.67. The lowest BCUT2D eigenvalue weighted by Crippen LogP contribution is -1.89. The van der Waals surface area contributed by atoms with E-state index in [0.717, 1.165) is 4.47 Å². The lowest BCUT2D eigenvalue weighted by atomic mass is 10.2. The van der Waals surface area contributed by atoms with Crippen LogP contribution in [0.4, 0.5) is 0 Å². The van der Waals surface area contributed by atoms with Gasteiger partial charge in [-0.1, -0.05) is 45.2 Å². The van der Waals surface area contributed by atoms with Crippen molar-refractivity contribution in [2.24, 2.45) is 0 Å². The maximum absolute atomic E-state index is 9.03. The summed E-state index contributed by atoms with van der Waals surface area (Å²) in [6.07, 6.45) is 0. The first-order chi connectivity index (χ1) is 8.60. The third kappa shape index (κ3) is 3.18. The normalized spacial score (nSPS) is 10.4. The number of ether oxygens (including phenoxy) is 1. The van der Waals surface area contributed by atoms with Crippen LogP contribution in [0.5, 0.6) is 11.5 Å². The van der Waals surface area contributed by atoms with Crippen molar-refractivity contribution >= 4 is 39.1 Å². The summed E-state index contributed by atoms with van der Waals surface area (Å²) in [5, 5.41) is 10.0. The highest BCUT2D eigenvalue weighted by Crippen LogP contribution is 2.33. The molecule has 0 spiro atoms. The molecule has 0 fully saturated rings. The first-order valence-electron chi connectivity index (χ1n) is 5.12. The number of aliphatic hydroxyl groups is 1. The molecule has 0 saturated carbocycles. The average molecular weight is 348 g/mol. The third-order valence-electron chi connectivity index (χ3n) is 2.32. The SMILES string of the molecule is OCc1ccc(Oc2cc(Br)ccc2Cl)cc1Cl. The van der Waals surface area contributed by atoms with Gasteiger partial charge in [0.1, 0.15) is 11.5 Å². The zero-order valence-corrected chi connectivity index (χ0v) is 12.3. The van der Waals surface area contributed by atoms with E-state index in [1.165, 1.54) is 0 Å². The van der Waals surface area contributed by atoms with Crippen LogP contribution in [0.1, 0.15) is 5.56 Å². The molecule has 0 radical (unpaired) electrons. The first kappa shape index (κ1) is 13.7. The summed E-state index contributed by atoms with van der Waals surface area (Å²) >= 11 is 15.4. The van der Waals surface area contributed by atoms with Crippen molar-refractivity contribution in [2.45, 2.75) is 6.61 Å². The Morgan fingerprint density at radius 1 is 1.06 bits per heavy atom. The second kappa shape index (κ2) is 5.93. The van der Waals surface area contributed by atoms with Gasteiger partial charge in [0.2, 0.25) is 0 Å². The van der Waals surface area contributed by atoms with Crippen molar-refractivity contribution in [1.82, 2.24) is 0 Å². The fourth-order valence-electron chi connectivity index (χ4n) is 1.40. The highest BCUT2D eigenvalue weighted by molar-refractivity contribution is 9.10. The highest BCUT2D eigenvalue weighted by atomic mass is 79.9. The van der Waals surface area contributed by atoms with Crippen molar-refractivity contribution in [2.75, 3.05) is 0 Å². The molecule has 2 aromatic carbocycles. The molecule has 94 valence electrons. The topological polar surface area (TPSA) is 29.5 Å². The van der Waals surface area contributed by atoms with Gasteiger partial charge in [0.05, 0.1) is 11.6 Å². The van der Waals surface area contributed by atoms with E-state index < -0.39 is 0 Å². The van der Waals surface area contributed by atoms with Crippen LogP contribution in [0.3, 0.4) is 0 Å². The van der Waals surface area contributed by atoms with Gasteiger partial charge in [0.25, 0.3) is 0 Å². The van der Waals surface area contributed by atoms with E-state index in [-0.39, 0.29) is 6.61 Å². The Hall–Kier alpha value is -0.740. The number of aliphatic hydroxyl groups excluding tert-OH is 1. The standard InChI is InChI=1S/C13H9BrCl2O2/c14-9-2-4-11(15)13(5-9)18-10-3-1-8(7-17)12(16)6-10/h1-6,17H,7H2. The zero-order chi connectivity index (χ0) is 13.1. The minimum atomic E-state index is -0.100. The van der Waals surface area contributed by atoms with E-state index in [0.29, 0.717) is 27.1 Å². The maximum atomic E-state index is 9.03. The Morgan fingerprint density at radius 2 is 1.83 bits per heavy atom. The molecule has 0 bridgehead atoms. The van der Waals surface area contributed by atoms with Crippen LogP contribution < -0.4 is 4.74 Å². The molecular weight excluding hydrogens is 339 g/mol. The average Bonchev–Trinajstić information content (AvgIpc) is 2.34. The number of rotatable bonds is 3. The second-order valence-corrected chi connectivity index (χ2v) is 5.32. The third-order valence-corrected chi connectivity index (χ3v) is 3.47. The van der Waals surface area contributed by atoms with Gasteiger partial charge < -0.3 is 9.84 Å². The van der Waals surface area contributed by atoms with Crippen LogP contribution in [0, 0.1) is 0 Å². The molecule has 18 heavy (non-hydrogen) atoms. The van der Waals surface area contributed by atoms with Crippen LogP contribution in [-0.2, 0) is 6.61 Å². The van der Waals surface area contributed by atoms with E-state index in [2.05, 4.69) is 15.9 Å². The van der Waals surface area contributed by atoms with Gasteiger partial charge >= 0.3 is 0 Å². The molecular formula is C13H9BrCl2O2. The van der Waals surface area contributed by atoms with Gasteiger partial charge in [-0.25, -0.2) is 0 Å². The van der Waals surface area contributed by atoms with Gasteiger partial charge in [-0.05, 0) is 35.9 Å². The summed E-state index contributed by atoms with van der Waals surface area (Å²) in [5.74, 6) is 1.11. The minimum absolute atomic E-state index is 0.100. The Kier molecular flexibility index (Phi) is 4.51. The van der Waals surface area contributed by atoms with Crippen molar-refractivity contribution in [1.29, 1.82) is 0 Å². The lowest BCUT2D eigenvalue weighted by molar-refractivity contribution is 0.282. The molecule has 0 aromatic heterocycles. The molecule has 0 unspecified atom stereocenters. The molecule has 0 aliphatic heterocycles. The Labute approximate surface area is 123 Å². The summed E-state index contributed by atoms with van der Waals surface area (Å²) in [4.78, 5) is 0. The number of hydrogen-bond acceptors (Lipinski definition) is 2. The van der Waals surface area contributed by atoms with Gasteiger partial charge in [-0.3, -0.25) is 0 Å². The van der Waals surface area contributed by atoms with E-state index in [1.54, 1.807) is 30.3 Å². The van der Waals surface area contributed by atoms with Crippen molar-refractivity contribution in [3.05, 3.63) is 56.5 Å². The monoisotopic (exact) mass is 346 g/mol. The van der Waals surface area contributed by atoms with Crippen LogP contribution in [0.25, 0.3) is 0 Å². The van der Waals surface area contributed by atoms with E-state index in [1.807, 2.05) is 6.07 Å². The predicted octanol–water partition coefficient (Wildman–Crippen LogP) is 5.04. The molecule has 0 saturated heterocycles. The molecule has 2 aromatic rings. The fourth-order valence-corrected chi connectivity index (χ4v) is 2.13. The molecule has 2 rings (SSSR count). The maximum Gasteiger partial charge on any atom is 0.147 e. The predicted molar refractivity (Wildman–Crippen MR) is 76.6 cm³/mol. The van der Waals surface area contributed by atoms with Gasteiger partial charge in [0, 0.05) is 9.50 Å². The lowest BCUT2D eigenvalue weighted by Gasteiger charge is -2.09. The Morgan fingerprint density at radius 3 is 2.50 bits per heavy atom. The molecule has 0 amide bonds.